The molecule has 2 aromatic rings. The Hall–Kier alpha value is -2.34. The lowest BCUT2D eigenvalue weighted by atomic mass is 10.1. The summed E-state index contributed by atoms with van der Waals surface area (Å²) < 4.78 is 4.85. The number of anilines is 1. The Morgan fingerprint density at radius 2 is 2.25 bits per heavy atom. The molecule has 0 aliphatic heterocycles. The summed E-state index contributed by atoms with van der Waals surface area (Å²) >= 11 is 0. The van der Waals surface area contributed by atoms with Crippen LogP contribution in [0.25, 0.3) is 10.8 Å². The third kappa shape index (κ3) is 3.58. The summed E-state index contributed by atoms with van der Waals surface area (Å²) in [5, 5.41) is 16.9. The van der Waals surface area contributed by atoms with E-state index in [1.165, 1.54) is 0 Å². The van der Waals surface area contributed by atoms with E-state index in [2.05, 4.69) is 15.6 Å². The van der Waals surface area contributed by atoms with E-state index >= 15 is 0 Å². The molecule has 1 heterocycles. The van der Waals surface area contributed by atoms with E-state index in [-0.39, 0.29) is 18.2 Å². The number of pyridine rings is 1. The van der Waals surface area contributed by atoms with Crippen molar-refractivity contribution in [2.24, 2.45) is 0 Å². The molecule has 6 heteroatoms. The number of carbonyl (C=O) groups excluding carboxylic acids is 1. The molecule has 0 fully saturated rings. The van der Waals surface area contributed by atoms with Gasteiger partial charge in [-0.2, -0.15) is 0 Å². The zero-order valence-electron chi connectivity index (χ0n) is 11.2. The zero-order chi connectivity index (χ0) is 14.4. The molecule has 1 aromatic carbocycles. The highest BCUT2D eigenvalue weighted by Gasteiger charge is 2.05. The van der Waals surface area contributed by atoms with Crippen LogP contribution in [0.2, 0.25) is 0 Å². The lowest BCUT2D eigenvalue weighted by Crippen LogP contribution is -2.32. The lowest BCUT2D eigenvalue weighted by Gasteiger charge is -2.09. The second-order valence-corrected chi connectivity index (χ2v) is 4.26. The molecule has 0 aliphatic carbocycles. The maximum atomic E-state index is 11.6. The number of nitrogens with zero attached hydrogens (tertiary/aromatic N) is 1. The third-order valence-electron chi connectivity index (χ3n) is 2.79. The predicted octanol–water partition coefficient (Wildman–Crippen LogP) is 1.11. The Morgan fingerprint density at radius 1 is 1.40 bits per heavy atom. The van der Waals surface area contributed by atoms with E-state index in [9.17, 15) is 9.90 Å². The molecule has 0 saturated carbocycles. The fourth-order valence-electron chi connectivity index (χ4n) is 1.82. The highest BCUT2D eigenvalue weighted by molar-refractivity contribution is 5.94. The molecule has 0 unspecified atom stereocenters. The van der Waals surface area contributed by atoms with Gasteiger partial charge in [0.25, 0.3) is 0 Å². The number of hydrogen-bond donors (Lipinski definition) is 3. The maximum Gasteiger partial charge on any atom is 0.239 e. The molecule has 0 radical (unpaired) electrons. The molecule has 2 rings (SSSR count). The fraction of sp³-hybridized carbons (Fsp3) is 0.286. The van der Waals surface area contributed by atoms with Gasteiger partial charge < -0.3 is 20.5 Å². The normalized spacial score (nSPS) is 10.4. The summed E-state index contributed by atoms with van der Waals surface area (Å²) in [6, 6.07) is 6.88. The molecule has 0 atom stereocenters. The Balaban J connectivity index is 2.02. The Morgan fingerprint density at radius 3 is 3.05 bits per heavy atom. The summed E-state index contributed by atoms with van der Waals surface area (Å²) in [7, 11) is 1.58. The number of rotatable bonds is 6. The molecule has 1 amide bonds. The first kappa shape index (κ1) is 14.1. The number of benzene rings is 1. The topological polar surface area (TPSA) is 83.5 Å². The van der Waals surface area contributed by atoms with Crippen LogP contribution in [0.1, 0.15) is 0 Å². The van der Waals surface area contributed by atoms with Crippen LogP contribution in [0.5, 0.6) is 5.75 Å². The number of hydrogen-bond acceptors (Lipinski definition) is 5. The molecular formula is C14H17N3O3. The molecule has 3 N–H and O–H groups in total. The van der Waals surface area contributed by atoms with E-state index in [1.54, 1.807) is 31.5 Å². The highest BCUT2D eigenvalue weighted by atomic mass is 16.5. The molecule has 0 aliphatic rings. The summed E-state index contributed by atoms with van der Waals surface area (Å²) in [6.45, 7) is 1.07. The van der Waals surface area contributed by atoms with Crippen LogP contribution < -0.4 is 10.6 Å². The smallest absolute Gasteiger partial charge is 0.239 e. The van der Waals surface area contributed by atoms with E-state index in [0.717, 1.165) is 10.8 Å². The van der Waals surface area contributed by atoms with Crippen LogP contribution in [0.3, 0.4) is 0 Å². The number of fused-ring (bicyclic) bond motifs is 1. The van der Waals surface area contributed by atoms with Gasteiger partial charge in [-0.25, -0.2) is 4.98 Å². The maximum absolute atomic E-state index is 11.6. The average molecular weight is 275 g/mol. The number of aromatic hydroxyl groups is 1. The van der Waals surface area contributed by atoms with Gasteiger partial charge in [0.15, 0.2) is 0 Å². The Kier molecular flexibility index (Phi) is 4.73. The Bertz CT molecular complexity index is 601. The second-order valence-electron chi connectivity index (χ2n) is 4.26. The Labute approximate surface area is 116 Å². The average Bonchev–Trinajstić information content (AvgIpc) is 2.45. The first-order valence-electron chi connectivity index (χ1n) is 6.28. The fourth-order valence-corrected chi connectivity index (χ4v) is 1.82. The number of ether oxygens (including phenoxy) is 1. The van der Waals surface area contributed by atoms with Crippen molar-refractivity contribution in [2.75, 3.05) is 32.1 Å². The minimum Gasteiger partial charge on any atom is -0.508 e. The van der Waals surface area contributed by atoms with Gasteiger partial charge in [-0.1, -0.05) is 6.07 Å². The summed E-state index contributed by atoms with van der Waals surface area (Å²) in [4.78, 5) is 15.8. The van der Waals surface area contributed by atoms with Gasteiger partial charge in [-0.3, -0.25) is 4.79 Å². The number of aromatic nitrogens is 1. The number of nitrogens with one attached hydrogen (secondary N) is 2. The monoisotopic (exact) mass is 275 g/mol. The van der Waals surface area contributed by atoms with Crippen molar-refractivity contribution in [3.05, 3.63) is 30.5 Å². The molecule has 0 saturated heterocycles. The SMILES string of the molecule is COCCNC(=O)CNc1nccc2ccc(O)cc12. The van der Waals surface area contributed by atoms with Gasteiger partial charge in [0, 0.05) is 25.2 Å². The largest absolute Gasteiger partial charge is 0.508 e. The van der Waals surface area contributed by atoms with Crippen molar-refractivity contribution in [1.82, 2.24) is 10.3 Å². The van der Waals surface area contributed by atoms with Crippen LogP contribution in [-0.2, 0) is 9.53 Å². The van der Waals surface area contributed by atoms with Crippen molar-refractivity contribution >= 4 is 22.5 Å². The first-order valence-corrected chi connectivity index (χ1v) is 6.28. The van der Waals surface area contributed by atoms with Crippen molar-refractivity contribution in [3.8, 4) is 5.75 Å². The molecular weight excluding hydrogens is 258 g/mol. The van der Waals surface area contributed by atoms with Gasteiger partial charge in [0.1, 0.15) is 11.6 Å². The minimum atomic E-state index is -0.138. The molecule has 0 spiro atoms. The molecule has 106 valence electrons. The summed E-state index contributed by atoms with van der Waals surface area (Å²) in [6.07, 6.45) is 1.66. The number of carbonyl (C=O) groups is 1. The van der Waals surface area contributed by atoms with Crippen molar-refractivity contribution in [3.63, 3.8) is 0 Å². The molecule has 0 bridgehead atoms. The highest BCUT2D eigenvalue weighted by Crippen LogP contribution is 2.24. The number of phenolic OH excluding ortho intramolecular Hbond substituents is 1. The third-order valence-corrected chi connectivity index (χ3v) is 2.79. The van der Waals surface area contributed by atoms with Crippen LogP contribution >= 0.6 is 0 Å². The number of phenols is 1. The number of amides is 1. The van der Waals surface area contributed by atoms with Crippen molar-refractivity contribution in [2.45, 2.75) is 0 Å². The number of methoxy groups -OCH3 is 1. The van der Waals surface area contributed by atoms with Crippen LogP contribution in [0.4, 0.5) is 5.82 Å². The zero-order valence-corrected chi connectivity index (χ0v) is 11.2. The van der Waals surface area contributed by atoms with E-state index in [0.29, 0.717) is 19.0 Å². The molecule has 1 aromatic heterocycles. The minimum absolute atomic E-state index is 0.117. The van der Waals surface area contributed by atoms with Gasteiger partial charge >= 0.3 is 0 Å². The molecule has 6 nitrogen and oxygen atoms in total. The van der Waals surface area contributed by atoms with Gasteiger partial charge in [0.2, 0.25) is 5.91 Å². The lowest BCUT2D eigenvalue weighted by molar-refractivity contribution is -0.119. The van der Waals surface area contributed by atoms with Gasteiger partial charge in [-0.05, 0) is 23.6 Å². The van der Waals surface area contributed by atoms with Gasteiger partial charge in [0.05, 0.1) is 13.2 Å². The second kappa shape index (κ2) is 6.72. The molecule has 20 heavy (non-hydrogen) atoms. The van der Waals surface area contributed by atoms with E-state index in [4.69, 9.17) is 4.74 Å². The quantitative estimate of drug-likeness (QED) is 0.688. The first-order chi connectivity index (χ1) is 9.70. The van der Waals surface area contributed by atoms with Crippen molar-refractivity contribution < 1.29 is 14.6 Å². The summed E-state index contributed by atoms with van der Waals surface area (Å²) in [5.74, 6) is 0.597. The van der Waals surface area contributed by atoms with Crippen molar-refractivity contribution in [1.29, 1.82) is 0 Å². The standard InChI is InChI=1S/C14H17N3O3/c1-20-7-6-15-13(19)9-17-14-12-8-11(18)3-2-10(12)4-5-16-14/h2-5,8,18H,6-7,9H2,1H3,(H,15,19)(H,16,17). The van der Waals surface area contributed by atoms with E-state index < -0.39 is 0 Å². The van der Waals surface area contributed by atoms with Crippen LogP contribution in [0, 0.1) is 0 Å². The van der Waals surface area contributed by atoms with E-state index in [1.807, 2.05) is 6.07 Å². The van der Waals surface area contributed by atoms with Crippen LogP contribution in [0.15, 0.2) is 30.5 Å². The van der Waals surface area contributed by atoms with Crippen LogP contribution in [-0.4, -0.2) is 42.8 Å². The predicted molar refractivity (Wildman–Crippen MR) is 76.8 cm³/mol. The summed E-state index contributed by atoms with van der Waals surface area (Å²) in [5.41, 5.74) is 0. The van der Waals surface area contributed by atoms with Gasteiger partial charge in [-0.15, -0.1) is 0 Å².